The molecule has 1 aromatic rings. The van der Waals surface area contributed by atoms with Crippen molar-refractivity contribution in [2.45, 2.75) is 46.1 Å². The zero-order valence-corrected chi connectivity index (χ0v) is 14.1. The van der Waals surface area contributed by atoms with Crippen molar-refractivity contribution >= 4 is 21.2 Å². The van der Waals surface area contributed by atoms with E-state index in [0.29, 0.717) is 23.5 Å². The molecule has 0 radical (unpaired) electrons. The quantitative estimate of drug-likeness (QED) is 0.906. The first-order chi connectivity index (χ1) is 9.41. The van der Waals surface area contributed by atoms with Crippen LogP contribution in [0.5, 0.6) is 0 Å². The Morgan fingerprint density at radius 2 is 2.05 bits per heavy atom. The molecule has 1 fully saturated rings. The van der Waals surface area contributed by atoms with Crippen LogP contribution in [0.25, 0.3) is 0 Å². The Kier molecular flexibility index (Phi) is 5.20. The van der Waals surface area contributed by atoms with Crippen molar-refractivity contribution in [3.05, 3.63) is 15.6 Å². The van der Waals surface area contributed by atoms with E-state index in [0.717, 1.165) is 31.5 Å². The largest absolute Gasteiger partial charge is 0.309 e. The summed E-state index contributed by atoms with van der Waals surface area (Å²) in [5.74, 6) is 1.19. The number of aryl methyl sites for hydroxylation is 2. The van der Waals surface area contributed by atoms with Gasteiger partial charge in [0.05, 0.1) is 22.2 Å². The van der Waals surface area contributed by atoms with Crippen LogP contribution in [0.15, 0.2) is 0 Å². The second-order valence-corrected chi connectivity index (χ2v) is 9.05. The molecule has 6 heteroatoms. The molecular formula is C14H24N2O2S2. The van der Waals surface area contributed by atoms with Crippen LogP contribution in [0.3, 0.4) is 0 Å². The number of hydrogen-bond donors (Lipinski definition) is 1. The second-order valence-electron chi connectivity index (χ2n) is 5.64. The van der Waals surface area contributed by atoms with Crippen LogP contribution in [0, 0.1) is 12.8 Å². The van der Waals surface area contributed by atoms with Gasteiger partial charge in [0.15, 0.2) is 0 Å². The third-order valence-corrected chi connectivity index (χ3v) is 7.16. The molecule has 1 aliphatic rings. The van der Waals surface area contributed by atoms with Crippen molar-refractivity contribution in [1.29, 1.82) is 0 Å². The normalized spacial score (nSPS) is 20.9. The van der Waals surface area contributed by atoms with E-state index >= 15 is 0 Å². The van der Waals surface area contributed by atoms with Gasteiger partial charge in [-0.25, -0.2) is 13.4 Å². The topological polar surface area (TPSA) is 59.1 Å². The van der Waals surface area contributed by atoms with Crippen LogP contribution in [0.4, 0.5) is 0 Å². The smallest absolute Gasteiger partial charge is 0.150 e. The van der Waals surface area contributed by atoms with Crippen LogP contribution < -0.4 is 5.32 Å². The molecule has 1 saturated heterocycles. The number of aromatic nitrogens is 1. The Morgan fingerprint density at radius 1 is 1.40 bits per heavy atom. The van der Waals surface area contributed by atoms with Crippen molar-refractivity contribution in [3.63, 3.8) is 0 Å². The van der Waals surface area contributed by atoms with Gasteiger partial charge in [-0.3, -0.25) is 0 Å². The lowest BCUT2D eigenvalue weighted by Crippen LogP contribution is -2.32. The molecule has 1 N–H and O–H groups in total. The Labute approximate surface area is 125 Å². The van der Waals surface area contributed by atoms with Gasteiger partial charge in [0.25, 0.3) is 0 Å². The lowest BCUT2D eigenvalue weighted by atomic mass is 10.0. The van der Waals surface area contributed by atoms with Crippen LogP contribution >= 0.6 is 11.3 Å². The molecule has 2 rings (SSSR count). The van der Waals surface area contributed by atoms with Gasteiger partial charge in [0.1, 0.15) is 9.84 Å². The first-order valence-electron chi connectivity index (χ1n) is 7.31. The first kappa shape index (κ1) is 15.9. The SMILES string of the molecule is CCc1nc(C)c([C@@H](C)NCC2CCS(=O)(=O)CC2)s1. The van der Waals surface area contributed by atoms with Crippen molar-refractivity contribution < 1.29 is 8.42 Å². The zero-order valence-electron chi connectivity index (χ0n) is 12.5. The highest BCUT2D eigenvalue weighted by Gasteiger charge is 2.24. The van der Waals surface area contributed by atoms with Crippen molar-refractivity contribution in [2.75, 3.05) is 18.1 Å². The fraction of sp³-hybridized carbons (Fsp3) is 0.786. The van der Waals surface area contributed by atoms with Crippen LogP contribution in [0.2, 0.25) is 0 Å². The lowest BCUT2D eigenvalue weighted by Gasteiger charge is -2.24. The highest BCUT2D eigenvalue weighted by Crippen LogP contribution is 2.26. The second kappa shape index (κ2) is 6.54. The minimum Gasteiger partial charge on any atom is -0.309 e. The summed E-state index contributed by atoms with van der Waals surface area (Å²) in [7, 11) is -2.75. The predicted octanol–water partition coefficient (Wildman–Crippen LogP) is 2.49. The number of sulfone groups is 1. The van der Waals surface area contributed by atoms with Crippen molar-refractivity contribution in [2.24, 2.45) is 5.92 Å². The van der Waals surface area contributed by atoms with Gasteiger partial charge in [-0.2, -0.15) is 0 Å². The molecule has 0 amide bonds. The molecule has 1 aromatic heterocycles. The van der Waals surface area contributed by atoms with E-state index in [4.69, 9.17) is 0 Å². The minimum atomic E-state index is -2.75. The molecule has 0 spiro atoms. The van der Waals surface area contributed by atoms with Gasteiger partial charge >= 0.3 is 0 Å². The van der Waals surface area contributed by atoms with Crippen LogP contribution in [-0.4, -0.2) is 31.5 Å². The van der Waals surface area contributed by atoms with Gasteiger partial charge in [-0.1, -0.05) is 6.92 Å². The molecule has 0 bridgehead atoms. The summed E-state index contributed by atoms with van der Waals surface area (Å²) in [4.78, 5) is 5.87. The minimum absolute atomic E-state index is 0.298. The monoisotopic (exact) mass is 316 g/mol. The maximum absolute atomic E-state index is 11.4. The summed E-state index contributed by atoms with van der Waals surface area (Å²) < 4.78 is 22.8. The van der Waals surface area contributed by atoms with Gasteiger partial charge in [0.2, 0.25) is 0 Å². The molecule has 0 aromatic carbocycles. The highest BCUT2D eigenvalue weighted by atomic mass is 32.2. The van der Waals surface area contributed by atoms with Gasteiger partial charge in [-0.15, -0.1) is 11.3 Å². The summed E-state index contributed by atoms with van der Waals surface area (Å²) in [5, 5.41) is 4.74. The van der Waals surface area contributed by atoms with E-state index in [-0.39, 0.29) is 0 Å². The first-order valence-corrected chi connectivity index (χ1v) is 9.95. The Bertz CT molecular complexity index is 538. The van der Waals surface area contributed by atoms with E-state index < -0.39 is 9.84 Å². The van der Waals surface area contributed by atoms with E-state index in [9.17, 15) is 8.42 Å². The molecule has 1 atom stereocenters. The molecule has 0 aliphatic carbocycles. The zero-order chi connectivity index (χ0) is 14.8. The Hall–Kier alpha value is -0.460. The lowest BCUT2D eigenvalue weighted by molar-refractivity contribution is 0.411. The average Bonchev–Trinajstić information content (AvgIpc) is 2.78. The number of hydrogen-bond acceptors (Lipinski definition) is 5. The van der Waals surface area contributed by atoms with Crippen molar-refractivity contribution in [1.82, 2.24) is 10.3 Å². The Morgan fingerprint density at radius 3 is 2.60 bits per heavy atom. The standard InChI is InChI=1S/C14H24N2O2S2/c1-4-13-16-11(3)14(19-13)10(2)15-9-12-5-7-20(17,18)8-6-12/h10,12,15H,4-9H2,1-3H3/t10-/m1/s1. The fourth-order valence-electron chi connectivity index (χ4n) is 2.60. The number of rotatable bonds is 5. The molecule has 20 heavy (non-hydrogen) atoms. The maximum atomic E-state index is 11.4. The fourth-order valence-corrected chi connectivity index (χ4v) is 5.22. The maximum Gasteiger partial charge on any atom is 0.150 e. The Balaban J connectivity index is 1.86. The van der Waals surface area contributed by atoms with Gasteiger partial charge in [-0.05, 0) is 45.6 Å². The predicted molar refractivity (Wildman–Crippen MR) is 84.0 cm³/mol. The third kappa shape index (κ3) is 4.02. The van der Waals surface area contributed by atoms with E-state index in [2.05, 4.69) is 31.1 Å². The van der Waals surface area contributed by atoms with E-state index in [1.54, 1.807) is 11.3 Å². The van der Waals surface area contributed by atoms with E-state index in [1.165, 1.54) is 9.88 Å². The van der Waals surface area contributed by atoms with Crippen LogP contribution in [0.1, 0.15) is 48.3 Å². The summed E-state index contributed by atoms with van der Waals surface area (Å²) in [6.07, 6.45) is 2.58. The number of nitrogens with zero attached hydrogens (tertiary/aromatic N) is 1. The number of nitrogens with one attached hydrogen (secondary N) is 1. The van der Waals surface area contributed by atoms with Crippen LogP contribution in [-0.2, 0) is 16.3 Å². The summed E-state index contributed by atoms with van der Waals surface area (Å²) in [5.41, 5.74) is 1.12. The van der Waals surface area contributed by atoms with Gasteiger partial charge in [0, 0.05) is 10.9 Å². The van der Waals surface area contributed by atoms with Gasteiger partial charge < -0.3 is 5.32 Å². The summed E-state index contributed by atoms with van der Waals surface area (Å²) in [6, 6.07) is 0.298. The average molecular weight is 316 g/mol. The molecular weight excluding hydrogens is 292 g/mol. The summed E-state index contributed by atoms with van der Waals surface area (Å²) >= 11 is 1.78. The third-order valence-electron chi connectivity index (χ3n) is 3.96. The molecule has 2 heterocycles. The molecule has 0 saturated carbocycles. The highest BCUT2D eigenvalue weighted by molar-refractivity contribution is 7.91. The summed E-state index contributed by atoms with van der Waals surface area (Å²) in [6.45, 7) is 7.26. The number of thiazole rings is 1. The molecule has 4 nitrogen and oxygen atoms in total. The van der Waals surface area contributed by atoms with Crippen molar-refractivity contribution in [3.8, 4) is 0 Å². The van der Waals surface area contributed by atoms with E-state index in [1.807, 2.05) is 0 Å². The molecule has 1 aliphatic heterocycles. The molecule has 0 unspecified atom stereocenters. The molecule has 114 valence electrons.